The minimum Gasteiger partial charge on any atom is -0.508 e. The van der Waals surface area contributed by atoms with Gasteiger partial charge in [-0.25, -0.2) is 4.79 Å². The van der Waals surface area contributed by atoms with Crippen LogP contribution in [0.1, 0.15) is 39.2 Å². The molecular weight excluding hydrogens is 346 g/mol. The van der Waals surface area contributed by atoms with Gasteiger partial charge in [0.05, 0.1) is 18.1 Å². The topological polar surface area (TPSA) is 109 Å². The van der Waals surface area contributed by atoms with Gasteiger partial charge in [-0.05, 0) is 33.8 Å². The molecule has 7 heteroatoms. The van der Waals surface area contributed by atoms with E-state index in [1.54, 1.807) is 26.0 Å². The first kappa shape index (κ1) is 20.2. The smallest absolute Gasteiger partial charge is 0.338 e. The highest BCUT2D eigenvalue weighted by atomic mass is 16.5. The number of hydrogen-bond donors (Lipinski definition) is 2. The zero-order chi connectivity index (χ0) is 20.1. The number of phenols is 1. The first-order valence-corrected chi connectivity index (χ1v) is 8.92. The monoisotopic (exact) mass is 371 g/mol. The number of nitrogens with two attached hydrogens (primary N) is 1. The number of ether oxygens (including phenoxy) is 2. The van der Waals surface area contributed by atoms with Crippen LogP contribution in [0.3, 0.4) is 0 Å². The summed E-state index contributed by atoms with van der Waals surface area (Å²) in [6.07, 6.45) is 0. The normalized spacial score (nSPS) is 16.6. The average Bonchev–Trinajstić information content (AvgIpc) is 2.62. The van der Waals surface area contributed by atoms with Crippen molar-refractivity contribution in [2.24, 2.45) is 5.73 Å². The summed E-state index contributed by atoms with van der Waals surface area (Å²) in [7, 11) is 0. The molecule has 1 unspecified atom stereocenters. The number of benzene rings is 1. The molecule has 2 rings (SSSR count). The molecule has 3 N–H and O–H groups in total. The van der Waals surface area contributed by atoms with Crippen molar-refractivity contribution in [3.05, 3.63) is 46.6 Å². The Labute approximate surface area is 159 Å². The molecule has 0 aliphatic carbocycles. The number of rotatable bonds is 6. The predicted molar refractivity (Wildman–Crippen MR) is 102 cm³/mol. The zero-order valence-electron chi connectivity index (χ0n) is 16.1. The van der Waals surface area contributed by atoms with Gasteiger partial charge in [0.2, 0.25) is 5.88 Å². The van der Waals surface area contributed by atoms with Crippen LogP contribution < -0.4 is 10.6 Å². The number of aromatic hydroxyl groups is 1. The molecule has 0 saturated heterocycles. The molecule has 0 saturated carbocycles. The second kappa shape index (κ2) is 8.49. The van der Waals surface area contributed by atoms with Crippen LogP contribution in [-0.2, 0) is 14.3 Å². The van der Waals surface area contributed by atoms with E-state index < -0.39 is 11.9 Å². The van der Waals surface area contributed by atoms with E-state index in [0.717, 1.165) is 18.8 Å². The molecule has 1 atom stereocenters. The van der Waals surface area contributed by atoms with Gasteiger partial charge in [0, 0.05) is 30.4 Å². The van der Waals surface area contributed by atoms with Gasteiger partial charge < -0.3 is 25.2 Å². The lowest BCUT2D eigenvalue weighted by Crippen LogP contribution is -2.26. The largest absolute Gasteiger partial charge is 0.508 e. The molecule has 1 aromatic rings. The number of allylic oxidation sites excluding steroid dienone is 2. The molecule has 0 amide bonds. The lowest BCUT2D eigenvalue weighted by molar-refractivity contribution is -0.139. The third-order valence-corrected chi connectivity index (χ3v) is 4.55. The highest BCUT2D eigenvalue weighted by molar-refractivity contribution is 5.92. The van der Waals surface area contributed by atoms with Gasteiger partial charge in [0.1, 0.15) is 23.2 Å². The molecule has 0 spiro atoms. The Morgan fingerprint density at radius 1 is 1.37 bits per heavy atom. The first-order chi connectivity index (χ1) is 12.9. The third-order valence-electron chi connectivity index (χ3n) is 4.55. The predicted octanol–water partition coefficient (Wildman–Crippen LogP) is 2.88. The molecule has 27 heavy (non-hydrogen) atoms. The number of hydrogen-bond acceptors (Lipinski definition) is 7. The molecular formula is C20H25N3O4. The summed E-state index contributed by atoms with van der Waals surface area (Å²) in [5.74, 6) is -1.31. The Hall–Kier alpha value is -3.14. The lowest BCUT2D eigenvalue weighted by Gasteiger charge is -2.28. The van der Waals surface area contributed by atoms with E-state index in [0.29, 0.717) is 5.56 Å². The standard InChI is InChI=1S/C20H25N3O4/c1-5-23(6-2)13-8-9-14(16(24)10-13)18-15(11-21)19(22)27-12(4)17(18)20(25)26-7-3/h8-10,18,24H,5-7,22H2,1-4H3. The fourth-order valence-corrected chi connectivity index (χ4v) is 3.23. The lowest BCUT2D eigenvalue weighted by atomic mass is 9.82. The molecule has 144 valence electrons. The van der Waals surface area contributed by atoms with Crippen molar-refractivity contribution in [1.29, 1.82) is 5.26 Å². The van der Waals surface area contributed by atoms with Crippen LogP contribution in [0.5, 0.6) is 5.75 Å². The molecule has 0 aromatic heterocycles. The van der Waals surface area contributed by atoms with Crippen molar-refractivity contribution in [3.8, 4) is 11.8 Å². The summed E-state index contributed by atoms with van der Waals surface area (Å²) < 4.78 is 10.5. The van der Waals surface area contributed by atoms with E-state index in [2.05, 4.69) is 4.90 Å². The Morgan fingerprint density at radius 2 is 2.04 bits per heavy atom. The first-order valence-electron chi connectivity index (χ1n) is 8.92. The van der Waals surface area contributed by atoms with Gasteiger partial charge >= 0.3 is 5.97 Å². The number of carbonyl (C=O) groups is 1. The second-order valence-electron chi connectivity index (χ2n) is 6.03. The molecule has 0 radical (unpaired) electrons. The van der Waals surface area contributed by atoms with Gasteiger partial charge in [-0.3, -0.25) is 0 Å². The van der Waals surface area contributed by atoms with Gasteiger partial charge in [-0.1, -0.05) is 6.07 Å². The Kier molecular flexibility index (Phi) is 6.35. The fraction of sp³-hybridized carbons (Fsp3) is 0.400. The van der Waals surface area contributed by atoms with E-state index in [1.807, 2.05) is 26.0 Å². The SMILES string of the molecule is CCOC(=O)C1=C(C)OC(N)=C(C#N)C1c1ccc(N(CC)CC)cc1O. The molecule has 1 heterocycles. The highest BCUT2D eigenvalue weighted by Gasteiger charge is 2.37. The molecule has 1 aliphatic rings. The molecule has 1 aromatic carbocycles. The number of nitrogens with zero attached hydrogens (tertiary/aromatic N) is 2. The Morgan fingerprint density at radius 3 is 2.56 bits per heavy atom. The zero-order valence-corrected chi connectivity index (χ0v) is 16.1. The van der Waals surface area contributed by atoms with E-state index in [-0.39, 0.29) is 35.1 Å². The summed E-state index contributed by atoms with van der Waals surface area (Å²) in [6.45, 7) is 9.08. The van der Waals surface area contributed by atoms with Crippen LogP contribution >= 0.6 is 0 Å². The molecule has 7 nitrogen and oxygen atoms in total. The Bertz CT molecular complexity index is 832. The van der Waals surface area contributed by atoms with Crippen LogP contribution in [0.15, 0.2) is 41.0 Å². The molecule has 0 fully saturated rings. The quantitative estimate of drug-likeness (QED) is 0.740. The number of nitriles is 1. The van der Waals surface area contributed by atoms with Crippen LogP contribution in [0, 0.1) is 11.3 Å². The summed E-state index contributed by atoms with van der Waals surface area (Å²) in [5, 5.41) is 20.3. The van der Waals surface area contributed by atoms with Crippen LogP contribution in [-0.4, -0.2) is 30.8 Å². The number of esters is 1. The van der Waals surface area contributed by atoms with Crippen molar-refractivity contribution in [2.45, 2.75) is 33.6 Å². The number of anilines is 1. The van der Waals surface area contributed by atoms with Gasteiger partial charge in [-0.15, -0.1) is 0 Å². The highest BCUT2D eigenvalue weighted by Crippen LogP contribution is 2.43. The molecule has 1 aliphatic heterocycles. The van der Waals surface area contributed by atoms with Crippen molar-refractivity contribution in [3.63, 3.8) is 0 Å². The van der Waals surface area contributed by atoms with Crippen molar-refractivity contribution in [2.75, 3.05) is 24.6 Å². The van der Waals surface area contributed by atoms with E-state index in [9.17, 15) is 15.2 Å². The van der Waals surface area contributed by atoms with E-state index >= 15 is 0 Å². The van der Waals surface area contributed by atoms with Gasteiger partial charge in [0.15, 0.2) is 0 Å². The average molecular weight is 371 g/mol. The van der Waals surface area contributed by atoms with Crippen molar-refractivity contribution < 1.29 is 19.4 Å². The minimum atomic E-state index is -0.853. The molecule has 0 bridgehead atoms. The van der Waals surface area contributed by atoms with Crippen LogP contribution in [0.25, 0.3) is 0 Å². The van der Waals surface area contributed by atoms with E-state index in [4.69, 9.17) is 15.2 Å². The fourth-order valence-electron chi connectivity index (χ4n) is 3.23. The van der Waals surface area contributed by atoms with Crippen molar-refractivity contribution >= 4 is 11.7 Å². The summed E-state index contributed by atoms with van der Waals surface area (Å²) in [4.78, 5) is 14.6. The minimum absolute atomic E-state index is 0.0264. The summed E-state index contributed by atoms with van der Waals surface area (Å²) in [6, 6.07) is 7.18. The maximum atomic E-state index is 12.5. The second-order valence-corrected chi connectivity index (χ2v) is 6.03. The summed E-state index contributed by atoms with van der Waals surface area (Å²) >= 11 is 0. The van der Waals surface area contributed by atoms with E-state index in [1.165, 1.54) is 0 Å². The maximum absolute atomic E-state index is 12.5. The third kappa shape index (κ3) is 3.85. The number of phenolic OH excluding ortho intramolecular Hbond substituents is 1. The van der Waals surface area contributed by atoms with Crippen LogP contribution in [0.4, 0.5) is 5.69 Å². The van der Waals surface area contributed by atoms with Gasteiger partial charge in [-0.2, -0.15) is 5.26 Å². The maximum Gasteiger partial charge on any atom is 0.338 e. The Balaban J connectivity index is 2.61. The van der Waals surface area contributed by atoms with Crippen LogP contribution in [0.2, 0.25) is 0 Å². The summed E-state index contributed by atoms with van der Waals surface area (Å²) in [5.41, 5.74) is 7.35. The number of carbonyl (C=O) groups excluding carboxylic acids is 1. The van der Waals surface area contributed by atoms with Gasteiger partial charge in [0.25, 0.3) is 0 Å². The van der Waals surface area contributed by atoms with Crippen molar-refractivity contribution in [1.82, 2.24) is 0 Å².